The van der Waals surface area contributed by atoms with Crippen molar-refractivity contribution in [1.82, 2.24) is 10.2 Å². The van der Waals surface area contributed by atoms with E-state index in [-0.39, 0.29) is 17.6 Å². The molecule has 7 heteroatoms. The van der Waals surface area contributed by atoms with Crippen LogP contribution in [0.25, 0.3) is 0 Å². The second-order valence-corrected chi connectivity index (χ2v) is 9.58. The molecule has 0 bridgehead atoms. The highest BCUT2D eigenvalue weighted by atomic mass is 19.1. The van der Waals surface area contributed by atoms with Crippen LogP contribution in [0.5, 0.6) is 0 Å². The second kappa shape index (κ2) is 10.1. The van der Waals surface area contributed by atoms with Gasteiger partial charge in [-0.25, -0.2) is 13.6 Å². The van der Waals surface area contributed by atoms with Gasteiger partial charge < -0.3 is 15.1 Å². The highest BCUT2D eigenvalue weighted by Gasteiger charge is 2.26. The summed E-state index contributed by atoms with van der Waals surface area (Å²) in [6.45, 7) is 3.03. The summed E-state index contributed by atoms with van der Waals surface area (Å²) in [7, 11) is 0. The summed E-state index contributed by atoms with van der Waals surface area (Å²) in [5, 5.41) is 3.21. The fourth-order valence-electron chi connectivity index (χ4n) is 5.38. The number of carbonyl (C=O) groups excluding carboxylic acids is 1. The molecule has 34 heavy (non-hydrogen) atoms. The highest BCUT2D eigenvalue weighted by Crippen LogP contribution is 2.33. The SMILES string of the molecule is O=C(NC1CCCCC1)N1CCN(c2ccc(C3CCC(c4c(F)cccc4F)=N3)cc2)CC1. The van der Waals surface area contributed by atoms with E-state index in [1.807, 2.05) is 4.90 Å². The molecule has 1 unspecified atom stereocenters. The third-order valence-corrected chi connectivity index (χ3v) is 7.36. The van der Waals surface area contributed by atoms with Gasteiger partial charge in [0.15, 0.2) is 0 Å². The molecule has 2 aliphatic heterocycles. The zero-order valence-electron chi connectivity index (χ0n) is 19.5. The van der Waals surface area contributed by atoms with Gasteiger partial charge in [0.2, 0.25) is 0 Å². The molecule has 2 amide bonds. The van der Waals surface area contributed by atoms with Crippen LogP contribution in [-0.4, -0.2) is 48.9 Å². The van der Waals surface area contributed by atoms with Crippen molar-refractivity contribution >= 4 is 17.4 Å². The smallest absolute Gasteiger partial charge is 0.317 e. The zero-order valence-corrected chi connectivity index (χ0v) is 19.5. The van der Waals surface area contributed by atoms with E-state index in [1.165, 1.54) is 37.5 Å². The normalized spacial score (nSPS) is 21.5. The molecule has 3 aliphatic rings. The summed E-state index contributed by atoms with van der Waals surface area (Å²) in [5.41, 5.74) is 2.69. The number of anilines is 1. The number of aliphatic imine (C=N–C) groups is 1. The van der Waals surface area contributed by atoms with Gasteiger partial charge in [-0.2, -0.15) is 0 Å². The van der Waals surface area contributed by atoms with Gasteiger partial charge in [0.25, 0.3) is 0 Å². The van der Waals surface area contributed by atoms with Gasteiger partial charge in [-0.1, -0.05) is 37.5 Å². The van der Waals surface area contributed by atoms with E-state index >= 15 is 0 Å². The predicted octanol–water partition coefficient (Wildman–Crippen LogP) is 5.45. The van der Waals surface area contributed by atoms with Crippen LogP contribution in [-0.2, 0) is 0 Å². The minimum absolute atomic E-state index is 0.00650. The summed E-state index contributed by atoms with van der Waals surface area (Å²) >= 11 is 0. The molecule has 1 N–H and O–H groups in total. The van der Waals surface area contributed by atoms with Crippen molar-refractivity contribution < 1.29 is 13.6 Å². The van der Waals surface area contributed by atoms with Crippen molar-refractivity contribution in [3.63, 3.8) is 0 Å². The molecule has 0 aromatic heterocycles. The molecule has 0 radical (unpaired) electrons. The lowest BCUT2D eigenvalue weighted by molar-refractivity contribution is 0.186. The van der Waals surface area contributed by atoms with Gasteiger partial charge in [-0.3, -0.25) is 4.99 Å². The minimum atomic E-state index is -0.554. The van der Waals surface area contributed by atoms with Gasteiger partial charge in [0.05, 0.1) is 11.6 Å². The molecule has 2 aromatic rings. The maximum Gasteiger partial charge on any atom is 0.317 e. The number of carbonyl (C=O) groups is 1. The summed E-state index contributed by atoms with van der Waals surface area (Å²) < 4.78 is 28.3. The summed E-state index contributed by atoms with van der Waals surface area (Å²) in [6.07, 6.45) is 7.21. The van der Waals surface area contributed by atoms with Gasteiger partial charge >= 0.3 is 6.03 Å². The number of nitrogens with zero attached hydrogens (tertiary/aromatic N) is 3. The lowest BCUT2D eigenvalue weighted by atomic mass is 9.96. The van der Waals surface area contributed by atoms with Crippen molar-refractivity contribution in [2.45, 2.75) is 57.0 Å². The van der Waals surface area contributed by atoms with Crippen molar-refractivity contribution in [2.24, 2.45) is 4.99 Å². The molecule has 180 valence electrons. The number of nitrogens with one attached hydrogen (secondary N) is 1. The van der Waals surface area contributed by atoms with Crippen molar-refractivity contribution in [3.05, 3.63) is 65.2 Å². The zero-order chi connectivity index (χ0) is 23.5. The molecular weight excluding hydrogens is 434 g/mol. The van der Waals surface area contributed by atoms with E-state index in [4.69, 9.17) is 0 Å². The van der Waals surface area contributed by atoms with Crippen LogP contribution in [0.3, 0.4) is 0 Å². The average Bonchev–Trinajstić information content (AvgIpc) is 3.34. The third kappa shape index (κ3) is 4.93. The fourth-order valence-corrected chi connectivity index (χ4v) is 5.38. The van der Waals surface area contributed by atoms with Crippen LogP contribution in [0.15, 0.2) is 47.5 Å². The third-order valence-electron chi connectivity index (χ3n) is 7.36. The van der Waals surface area contributed by atoms with Crippen LogP contribution in [0.2, 0.25) is 0 Å². The lowest BCUT2D eigenvalue weighted by Crippen LogP contribution is -2.53. The topological polar surface area (TPSA) is 47.9 Å². The number of piperazine rings is 1. The van der Waals surface area contributed by atoms with E-state index in [0.717, 1.165) is 43.6 Å². The van der Waals surface area contributed by atoms with Crippen molar-refractivity contribution in [1.29, 1.82) is 0 Å². The lowest BCUT2D eigenvalue weighted by Gasteiger charge is -2.37. The highest BCUT2D eigenvalue weighted by molar-refractivity contribution is 6.02. The van der Waals surface area contributed by atoms with Crippen LogP contribution >= 0.6 is 0 Å². The van der Waals surface area contributed by atoms with Crippen molar-refractivity contribution in [3.8, 4) is 0 Å². The van der Waals surface area contributed by atoms with E-state index in [9.17, 15) is 13.6 Å². The molecule has 5 nitrogen and oxygen atoms in total. The Kier molecular flexibility index (Phi) is 6.79. The Labute approximate surface area is 199 Å². The van der Waals surface area contributed by atoms with Crippen LogP contribution < -0.4 is 10.2 Å². The van der Waals surface area contributed by atoms with Gasteiger partial charge in [-0.15, -0.1) is 0 Å². The standard InChI is InChI=1S/C27H32F2N4O/c28-22-7-4-8-23(29)26(22)25-14-13-24(31-25)19-9-11-21(12-10-19)32-15-17-33(18-16-32)27(34)30-20-5-2-1-3-6-20/h4,7-12,20,24H,1-3,5-6,13-18H2,(H,30,34). The molecule has 5 rings (SSSR count). The van der Waals surface area contributed by atoms with E-state index in [0.29, 0.717) is 31.3 Å². The molecule has 2 fully saturated rings. The number of hydrogen-bond donors (Lipinski definition) is 1. The molecule has 2 aromatic carbocycles. The van der Waals surface area contributed by atoms with Gasteiger partial charge in [0.1, 0.15) is 11.6 Å². The van der Waals surface area contributed by atoms with E-state index in [1.54, 1.807) is 0 Å². The fraction of sp³-hybridized carbons (Fsp3) is 0.481. The Bertz CT molecular complexity index is 1020. The maximum atomic E-state index is 14.1. The Morgan fingerprint density at radius 3 is 2.24 bits per heavy atom. The first-order valence-corrected chi connectivity index (χ1v) is 12.5. The molecule has 1 atom stereocenters. The summed E-state index contributed by atoms with van der Waals surface area (Å²) in [4.78, 5) is 21.5. The van der Waals surface area contributed by atoms with Crippen LogP contribution in [0, 0.1) is 11.6 Å². The summed E-state index contributed by atoms with van der Waals surface area (Å²) in [6, 6.07) is 12.6. The first-order valence-electron chi connectivity index (χ1n) is 12.5. The van der Waals surface area contributed by atoms with Crippen molar-refractivity contribution in [2.75, 3.05) is 31.1 Å². The first kappa shape index (κ1) is 22.8. The quantitative estimate of drug-likeness (QED) is 0.651. The Hall–Kier alpha value is -2.96. The Balaban J connectivity index is 1.17. The van der Waals surface area contributed by atoms with Gasteiger partial charge in [0, 0.05) is 43.6 Å². The molecule has 1 saturated heterocycles. The van der Waals surface area contributed by atoms with Crippen LogP contribution in [0.1, 0.15) is 62.1 Å². The molecule has 1 aliphatic carbocycles. The van der Waals surface area contributed by atoms with Gasteiger partial charge in [-0.05, 0) is 55.5 Å². The van der Waals surface area contributed by atoms with E-state index in [2.05, 4.69) is 39.5 Å². The number of halogens is 2. The largest absolute Gasteiger partial charge is 0.368 e. The predicted molar refractivity (Wildman–Crippen MR) is 131 cm³/mol. The number of urea groups is 1. The Morgan fingerprint density at radius 2 is 1.56 bits per heavy atom. The molecule has 1 saturated carbocycles. The monoisotopic (exact) mass is 466 g/mol. The molecule has 2 heterocycles. The number of benzene rings is 2. The molecular formula is C27H32F2N4O. The second-order valence-electron chi connectivity index (χ2n) is 9.58. The first-order chi connectivity index (χ1) is 16.6. The minimum Gasteiger partial charge on any atom is -0.368 e. The van der Waals surface area contributed by atoms with Crippen LogP contribution in [0.4, 0.5) is 19.3 Å². The van der Waals surface area contributed by atoms with E-state index < -0.39 is 11.6 Å². The molecule has 0 spiro atoms. The average molecular weight is 467 g/mol. The number of amides is 2. The number of rotatable bonds is 4. The summed E-state index contributed by atoms with van der Waals surface area (Å²) in [5.74, 6) is -1.11. The maximum absolute atomic E-state index is 14.1. The Morgan fingerprint density at radius 1 is 0.882 bits per heavy atom. The number of hydrogen-bond acceptors (Lipinski definition) is 3.